The minimum absolute atomic E-state index is 0.572. The van der Waals surface area contributed by atoms with Gasteiger partial charge in [-0.1, -0.05) is 13.3 Å². The van der Waals surface area contributed by atoms with Crippen LogP contribution in [0.5, 0.6) is 0 Å². The van der Waals surface area contributed by atoms with Gasteiger partial charge in [0, 0.05) is 32.3 Å². The zero-order valence-corrected chi connectivity index (χ0v) is 9.54. The SMILES string of the molecule is CCCC(CN)N(CCOC)C1CC1. The Morgan fingerprint density at radius 3 is 2.64 bits per heavy atom. The van der Waals surface area contributed by atoms with Crippen LogP contribution in [0.3, 0.4) is 0 Å². The van der Waals surface area contributed by atoms with Crippen molar-refractivity contribution in [1.82, 2.24) is 4.90 Å². The quantitative estimate of drug-likeness (QED) is 0.640. The lowest BCUT2D eigenvalue weighted by atomic mass is 10.1. The van der Waals surface area contributed by atoms with Crippen molar-refractivity contribution in [3.63, 3.8) is 0 Å². The predicted octanol–water partition coefficient (Wildman–Crippen LogP) is 1.22. The highest BCUT2D eigenvalue weighted by atomic mass is 16.5. The van der Waals surface area contributed by atoms with Crippen LogP contribution in [0.15, 0.2) is 0 Å². The topological polar surface area (TPSA) is 38.5 Å². The minimum atomic E-state index is 0.572. The normalized spacial score (nSPS) is 18.9. The first-order valence-electron chi connectivity index (χ1n) is 5.78. The van der Waals surface area contributed by atoms with Crippen LogP contribution in [0, 0.1) is 0 Å². The summed E-state index contributed by atoms with van der Waals surface area (Å²) < 4.78 is 5.14. The van der Waals surface area contributed by atoms with E-state index in [2.05, 4.69) is 11.8 Å². The predicted molar refractivity (Wildman–Crippen MR) is 59.4 cm³/mol. The van der Waals surface area contributed by atoms with Crippen molar-refractivity contribution in [3.8, 4) is 0 Å². The number of rotatable bonds is 8. The summed E-state index contributed by atoms with van der Waals surface area (Å²) in [5.41, 5.74) is 5.81. The molecule has 0 amide bonds. The van der Waals surface area contributed by atoms with Crippen LogP contribution in [0.1, 0.15) is 32.6 Å². The maximum Gasteiger partial charge on any atom is 0.0589 e. The number of hydrogen-bond donors (Lipinski definition) is 1. The average molecular weight is 200 g/mol. The van der Waals surface area contributed by atoms with E-state index in [9.17, 15) is 0 Å². The van der Waals surface area contributed by atoms with Crippen LogP contribution in [0.4, 0.5) is 0 Å². The van der Waals surface area contributed by atoms with Gasteiger partial charge in [-0.2, -0.15) is 0 Å². The van der Waals surface area contributed by atoms with Crippen molar-refractivity contribution < 1.29 is 4.74 Å². The molecule has 0 spiro atoms. The van der Waals surface area contributed by atoms with Gasteiger partial charge in [-0.05, 0) is 19.3 Å². The minimum Gasteiger partial charge on any atom is -0.383 e. The largest absolute Gasteiger partial charge is 0.383 e. The van der Waals surface area contributed by atoms with Gasteiger partial charge >= 0.3 is 0 Å². The second-order valence-electron chi connectivity index (χ2n) is 4.14. The van der Waals surface area contributed by atoms with E-state index in [1.165, 1.54) is 25.7 Å². The molecular formula is C11H24N2O. The van der Waals surface area contributed by atoms with Gasteiger partial charge in [0.2, 0.25) is 0 Å². The molecule has 1 atom stereocenters. The van der Waals surface area contributed by atoms with Crippen LogP contribution < -0.4 is 5.73 Å². The Hall–Kier alpha value is -0.120. The van der Waals surface area contributed by atoms with Crippen molar-refractivity contribution in [2.75, 3.05) is 26.8 Å². The molecule has 3 nitrogen and oxygen atoms in total. The lowest BCUT2D eigenvalue weighted by molar-refractivity contribution is 0.112. The van der Waals surface area contributed by atoms with E-state index in [1.807, 2.05) is 0 Å². The third kappa shape index (κ3) is 3.56. The highest BCUT2D eigenvalue weighted by Gasteiger charge is 2.32. The van der Waals surface area contributed by atoms with Crippen molar-refractivity contribution in [3.05, 3.63) is 0 Å². The molecule has 1 saturated carbocycles. The summed E-state index contributed by atoms with van der Waals surface area (Å²) in [6, 6.07) is 1.37. The fourth-order valence-electron chi connectivity index (χ4n) is 2.02. The highest BCUT2D eigenvalue weighted by molar-refractivity contribution is 4.88. The fourth-order valence-corrected chi connectivity index (χ4v) is 2.02. The molecule has 0 aromatic carbocycles. The number of hydrogen-bond acceptors (Lipinski definition) is 3. The van der Waals surface area contributed by atoms with E-state index >= 15 is 0 Å². The van der Waals surface area contributed by atoms with E-state index in [0.717, 1.165) is 25.7 Å². The van der Waals surface area contributed by atoms with Crippen LogP contribution in [0.2, 0.25) is 0 Å². The van der Waals surface area contributed by atoms with E-state index in [0.29, 0.717) is 6.04 Å². The standard InChI is InChI=1S/C11H24N2O/c1-3-4-11(9-12)13(7-8-14-2)10-5-6-10/h10-11H,3-9,12H2,1-2H3. The molecule has 2 N–H and O–H groups in total. The van der Waals surface area contributed by atoms with Crippen molar-refractivity contribution in [1.29, 1.82) is 0 Å². The second kappa shape index (κ2) is 6.38. The smallest absolute Gasteiger partial charge is 0.0589 e. The number of nitrogens with two attached hydrogens (primary N) is 1. The molecule has 0 radical (unpaired) electrons. The lowest BCUT2D eigenvalue weighted by Crippen LogP contribution is -2.43. The lowest BCUT2D eigenvalue weighted by Gasteiger charge is -2.30. The Bertz CT molecular complexity index is 148. The maximum absolute atomic E-state index is 5.81. The first-order chi connectivity index (χ1) is 6.83. The summed E-state index contributed by atoms with van der Waals surface area (Å²) in [6.07, 6.45) is 5.14. The molecule has 0 heterocycles. The van der Waals surface area contributed by atoms with Gasteiger partial charge in [-0.15, -0.1) is 0 Å². The van der Waals surface area contributed by atoms with E-state index in [1.54, 1.807) is 7.11 Å². The monoisotopic (exact) mass is 200 g/mol. The summed E-state index contributed by atoms with van der Waals surface area (Å²) in [5, 5.41) is 0. The third-order valence-corrected chi connectivity index (χ3v) is 2.93. The maximum atomic E-state index is 5.81. The first kappa shape index (κ1) is 12.0. The van der Waals surface area contributed by atoms with E-state index in [-0.39, 0.29) is 0 Å². The van der Waals surface area contributed by atoms with E-state index < -0.39 is 0 Å². The van der Waals surface area contributed by atoms with Gasteiger partial charge in [0.1, 0.15) is 0 Å². The Kier molecular flexibility index (Phi) is 5.45. The molecule has 0 aromatic rings. The molecule has 1 aliphatic carbocycles. The molecule has 1 fully saturated rings. The Morgan fingerprint density at radius 2 is 2.21 bits per heavy atom. The Labute approximate surface area is 87.6 Å². The fraction of sp³-hybridized carbons (Fsp3) is 1.00. The van der Waals surface area contributed by atoms with Gasteiger partial charge in [-0.25, -0.2) is 0 Å². The zero-order valence-electron chi connectivity index (χ0n) is 9.54. The average Bonchev–Trinajstić information content (AvgIpc) is 3.00. The number of ether oxygens (including phenoxy) is 1. The summed E-state index contributed by atoms with van der Waals surface area (Å²) in [6.45, 7) is 4.89. The highest BCUT2D eigenvalue weighted by Crippen LogP contribution is 2.29. The van der Waals surface area contributed by atoms with E-state index in [4.69, 9.17) is 10.5 Å². The Morgan fingerprint density at radius 1 is 1.50 bits per heavy atom. The van der Waals surface area contributed by atoms with Crippen LogP contribution >= 0.6 is 0 Å². The summed E-state index contributed by atoms with van der Waals surface area (Å²) in [5.74, 6) is 0. The molecule has 84 valence electrons. The molecule has 3 heteroatoms. The first-order valence-corrected chi connectivity index (χ1v) is 5.78. The molecule has 0 aromatic heterocycles. The van der Waals surface area contributed by atoms with Gasteiger partial charge in [-0.3, -0.25) is 4.90 Å². The summed E-state index contributed by atoms with van der Waals surface area (Å²) in [4.78, 5) is 2.55. The van der Waals surface area contributed by atoms with Crippen LogP contribution in [-0.2, 0) is 4.74 Å². The van der Waals surface area contributed by atoms with Crippen LogP contribution in [0.25, 0.3) is 0 Å². The molecule has 0 aliphatic heterocycles. The molecule has 1 rings (SSSR count). The third-order valence-electron chi connectivity index (χ3n) is 2.93. The number of methoxy groups -OCH3 is 1. The molecule has 0 bridgehead atoms. The molecule has 14 heavy (non-hydrogen) atoms. The molecule has 1 aliphatic rings. The van der Waals surface area contributed by atoms with Crippen molar-refractivity contribution >= 4 is 0 Å². The molecular weight excluding hydrogens is 176 g/mol. The number of nitrogens with zero attached hydrogens (tertiary/aromatic N) is 1. The Balaban J connectivity index is 2.37. The summed E-state index contributed by atoms with van der Waals surface area (Å²) >= 11 is 0. The van der Waals surface area contributed by atoms with Gasteiger partial charge in [0.25, 0.3) is 0 Å². The van der Waals surface area contributed by atoms with Crippen LogP contribution in [-0.4, -0.2) is 43.8 Å². The molecule has 1 unspecified atom stereocenters. The van der Waals surface area contributed by atoms with Crippen molar-refractivity contribution in [2.24, 2.45) is 5.73 Å². The molecule has 0 saturated heterocycles. The van der Waals surface area contributed by atoms with Gasteiger partial charge in [0.15, 0.2) is 0 Å². The van der Waals surface area contributed by atoms with Gasteiger partial charge in [0.05, 0.1) is 6.61 Å². The van der Waals surface area contributed by atoms with Crippen molar-refractivity contribution in [2.45, 2.75) is 44.7 Å². The summed E-state index contributed by atoms with van der Waals surface area (Å²) in [7, 11) is 1.77. The zero-order chi connectivity index (χ0) is 10.4. The van der Waals surface area contributed by atoms with Gasteiger partial charge < -0.3 is 10.5 Å². The second-order valence-corrected chi connectivity index (χ2v) is 4.14.